The van der Waals surface area contributed by atoms with Gasteiger partial charge in [-0.2, -0.15) is 11.8 Å². The molecule has 0 aromatic carbocycles. The first-order valence-electron chi connectivity index (χ1n) is 4.90. The van der Waals surface area contributed by atoms with Crippen LogP contribution in [0.1, 0.15) is 11.3 Å². The van der Waals surface area contributed by atoms with E-state index in [-0.39, 0.29) is 0 Å². The normalized spacial score (nSPS) is 14.9. The summed E-state index contributed by atoms with van der Waals surface area (Å²) in [5.41, 5.74) is 8.06. The molecule has 0 saturated carbocycles. The summed E-state index contributed by atoms with van der Waals surface area (Å²) >= 11 is 1.96. The van der Waals surface area contributed by atoms with Crippen molar-refractivity contribution in [3.8, 4) is 0 Å². The van der Waals surface area contributed by atoms with Crippen molar-refractivity contribution in [3.05, 3.63) is 23.4 Å². The number of pyridine rings is 1. The van der Waals surface area contributed by atoms with Gasteiger partial charge in [0, 0.05) is 18.8 Å². The molecule has 0 atom stereocenters. The zero-order chi connectivity index (χ0) is 9.80. The van der Waals surface area contributed by atoms with E-state index >= 15 is 0 Å². The van der Waals surface area contributed by atoms with Gasteiger partial charge in [0.1, 0.15) is 5.82 Å². The largest absolute Gasteiger partial charge is 0.369 e. The molecule has 0 bridgehead atoms. The fraction of sp³-hybridized carbons (Fsp3) is 0.500. The fourth-order valence-electron chi connectivity index (χ4n) is 1.53. The summed E-state index contributed by atoms with van der Waals surface area (Å²) < 4.78 is 0. The van der Waals surface area contributed by atoms with Gasteiger partial charge in [-0.15, -0.1) is 0 Å². The van der Waals surface area contributed by atoms with Crippen molar-refractivity contribution >= 4 is 17.6 Å². The summed E-state index contributed by atoms with van der Waals surface area (Å²) in [5.74, 6) is 3.23. The standard InChI is InChI=1S/C10H15N3S/c11-4-5-12-10-2-1-8-3-6-14-7-9(8)13-10/h1-2H,3-7,11H2,(H,12,13). The number of rotatable bonds is 3. The minimum atomic E-state index is 0.646. The number of nitrogens with two attached hydrogens (primary N) is 1. The van der Waals surface area contributed by atoms with Crippen molar-refractivity contribution in [2.75, 3.05) is 24.2 Å². The maximum Gasteiger partial charge on any atom is 0.126 e. The molecule has 0 amide bonds. The Kier molecular flexibility index (Phi) is 3.26. The zero-order valence-electron chi connectivity index (χ0n) is 8.12. The van der Waals surface area contributed by atoms with Gasteiger partial charge in [0.25, 0.3) is 0 Å². The highest BCUT2D eigenvalue weighted by molar-refractivity contribution is 7.98. The first-order valence-corrected chi connectivity index (χ1v) is 6.06. The molecule has 2 heterocycles. The van der Waals surface area contributed by atoms with Crippen molar-refractivity contribution in [2.45, 2.75) is 12.2 Å². The Hall–Kier alpha value is -0.740. The summed E-state index contributed by atoms with van der Waals surface area (Å²) in [6.45, 7) is 1.44. The molecule has 2 rings (SSSR count). The van der Waals surface area contributed by atoms with E-state index in [1.165, 1.54) is 17.0 Å². The second kappa shape index (κ2) is 4.66. The van der Waals surface area contributed by atoms with Crippen molar-refractivity contribution in [3.63, 3.8) is 0 Å². The van der Waals surface area contributed by atoms with E-state index in [1.807, 2.05) is 17.8 Å². The van der Waals surface area contributed by atoms with E-state index in [0.717, 1.165) is 24.5 Å². The van der Waals surface area contributed by atoms with Crippen LogP contribution in [0.4, 0.5) is 5.82 Å². The molecular weight excluding hydrogens is 194 g/mol. The molecule has 1 aromatic heterocycles. The van der Waals surface area contributed by atoms with Gasteiger partial charge in [0.05, 0.1) is 5.69 Å². The predicted molar refractivity (Wildman–Crippen MR) is 61.6 cm³/mol. The van der Waals surface area contributed by atoms with Crippen LogP contribution in [0.15, 0.2) is 12.1 Å². The smallest absolute Gasteiger partial charge is 0.126 e. The van der Waals surface area contributed by atoms with E-state index in [0.29, 0.717) is 6.54 Å². The van der Waals surface area contributed by atoms with Gasteiger partial charge in [-0.05, 0) is 23.8 Å². The molecule has 0 fully saturated rings. The highest BCUT2D eigenvalue weighted by atomic mass is 32.2. The molecule has 3 N–H and O–H groups in total. The number of thioether (sulfide) groups is 1. The fourth-order valence-corrected chi connectivity index (χ4v) is 2.48. The number of nitrogens with zero attached hydrogens (tertiary/aromatic N) is 1. The minimum Gasteiger partial charge on any atom is -0.369 e. The molecule has 0 unspecified atom stereocenters. The van der Waals surface area contributed by atoms with E-state index in [1.54, 1.807) is 0 Å². The Morgan fingerprint density at radius 1 is 1.50 bits per heavy atom. The van der Waals surface area contributed by atoms with Crippen molar-refractivity contribution < 1.29 is 0 Å². The molecule has 1 aromatic rings. The van der Waals surface area contributed by atoms with Gasteiger partial charge in [0.2, 0.25) is 0 Å². The molecule has 0 radical (unpaired) electrons. The number of aromatic nitrogens is 1. The molecule has 0 saturated heterocycles. The van der Waals surface area contributed by atoms with Crippen LogP contribution in [-0.4, -0.2) is 23.8 Å². The Balaban J connectivity index is 2.12. The number of anilines is 1. The van der Waals surface area contributed by atoms with E-state index in [2.05, 4.69) is 16.4 Å². The number of fused-ring (bicyclic) bond motifs is 1. The molecule has 0 aliphatic carbocycles. The zero-order valence-corrected chi connectivity index (χ0v) is 8.94. The first kappa shape index (κ1) is 9.80. The average Bonchev–Trinajstić information content (AvgIpc) is 2.26. The monoisotopic (exact) mass is 209 g/mol. The highest BCUT2D eigenvalue weighted by Crippen LogP contribution is 2.23. The van der Waals surface area contributed by atoms with Gasteiger partial charge >= 0.3 is 0 Å². The Morgan fingerprint density at radius 3 is 3.29 bits per heavy atom. The van der Waals surface area contributed by atoms with E-state index in [9.17, 15) is 0 Å². The molecular formula is C10H15N3S. The SMILES string of the molecule is NCCNc1ccc2c(n1)CSCC2. The summed E-state index contributed by atoms with van der Waals surface area (Å²) in [7, 11) is 0. The Bertz CT molecular complexity index is 314. The summed E-state index contributed by atoms with van der Waals surface area (Å²) in [4.78, 5) is 4.56. The Morgan fingerprint density at radius 2 is 2.43 bits per heavy atom. The lowest BCUT2D eigenvalue weighted by atomic mass is 10.1. The summed E-state index contributed by atoms with van der Waals surface area (Å²) in [6.07, 6.45) is 1.16. The summed E-state index contributed by atoms with van der Waals surface area (Å²) in [5, 5.41) is 3.20. The highest BCUT2D eigenvalue weighted by Gasteiger charge is 2.10. The Labute approximate surface area is 88.5 Å². The van der Waals surface area contributed by atoms with Gasteiger partial charge in [-0.1, -0.05) is 6.07 Å². The number of hydrogen-bond donors (Lipinski definition) is 2. The lowest BCUT2D eigenvalue weighted by Gasteiger charge is -2.15. The van der Waals surface area contributed by atoms with E-state index < -0.39 is 0 Å². The molecule has 0 spiro atoms. The average molecular weight is 209 g/mol. The van der Waals surface area contributed by atoms with Gasteiger partial charge < -0.3 is 11.1 Å². The van der Waals surface area contributed by atoms with Crippen molar-refractivity contribution in [1.82, 2.24) is 4.98 Å². The van der Waals surface area contributed by atoms with Crippen molar-refractivity contribution in [1.29, 1.82) is 0 Å². The third-order valence-electron chi connectivity index (χ3n) is 2.27. The van der Waals surface area contributed by atoms with Crippen LogP contribution in [0.25, 0.3) is 0 Å². The number of nitrogens with one attached hydrogen (secondary N) is 1. The summed E-state index contributed by atoms with van der Waals surface area (Å²) in [6, 6.07) is 4.23. The predicted octanol–water partition coefficient (Wildman–Crippen LogP) is 1.24. The van der Waals surface area contributed by atoms with Gasteiger partial charge in [-0.25, -0.2) is 4.98 Å². The third-order valence-corrected chi connectivity index (χ3v) is 3.24. The van der Waals surface area contributed by atoms with Gasteiger partial charge in [0.15, 0.2) is 0 Å². The second-order valence-corrected chi connectivity index (χ2v) is 4.43. The molecule has 3 nitrogen and oxygen atoms in total. The van der Waals surface area contributed by atoms with Gasteiger partial charge in [-0.3, -0.25) is 0 Å². The van der Waals surface area contributed by atoms with Crippen LogP contribution in [0.3, 0.4) is 0 Å². The maximum absolute atomic E-state index is 5.42. The quantitative estimate of drug-likeness (QED) is 0.786. The molecule has 14 heavy (non-hydrogen) atoms. The first-order chi connectivity index (χ1) is 6.90. The van der Waals surface area contributed by atoms with Crippen LogP contribution < -0.4 is 11.1 Å². The van der Waals surface area contributed by atoms with Crippen LogP contribution in [0.5, 0.6) is 0 Å². The molecule has 76 valence electrons. The maximum atomic E-state index is 5.42. The molecule has 1 aliphatic heterocycles. The molecule has 1 aliphatic rings. The second-order valence-electron chi connectivity index (χ2n) is 3.32. The van der Waals surface area contributed by atoms with Crippen LogP contribution >= 0.6 is 11.8 Å². The lowest BCUT2D eigenvalue weighted by Crippen LogP contribution is -2.15. The number of hydrogen-bond acceptors (Lipinski definition) is 4. The van der Waals surface area contributed by atoms with Crippen LogP contribution in [0.2, 0.25) is 0 Å². The minimum absolute atomic E-state index is 0.646. The molecule has 4 heteroatoms. The number of aryl methyl sites for hydroxylation is 1. The van der Waals surface area contributed by atoms with Crippen LogP contribution in [-0.2, 0) is 12.2 Å². The third kappa shape index (κ3) is 2.19. The van der Waals surface area contributed by atoms with Crippen LogP contribution in [0, 0.1) is 0 Å². The topological polar surface area (TPSA) is 50.9 Å². The van der Waals surface area contributed by atoms with E-state index in [4.69, 9.17) is 5.73 Å². The lowest BCUT2D eigenvalue weighted by molar-refractivity contribution is 0.980. The van der Waals surface area contributed by atoms with Crippen molar-refractivity contribution in [2.24, 2.45) is 5.73 Å².